The first-order chi connectivity index (χ1) is 6.36. The van der Waals surface area contributed by atoms with E-state index in [9.17, 15) is 0 Å². The average molecular weight is 208 g/mol. The fourth-order valence-corrected chi connectivity index (χ4v) is 3.16. The lowest BCUT2D eigenvalue weighted by Crippen LogP contribution is -1.85. The van der Waals surface area contributed by atoms with Gasteiger partial charge in [0.15, 0.2) is 0 Å². The van der Waals surface area contributed by atoms with Gasteiger partial charge in [-0.05, 0) is 23.6 Å². The van der Waals surface area contributed by atoms with Crippen LogP contribution in [0.25, 0.3) is 4.91 Å². The normalized spacial score (nSPS) is 19.8. The van der Waals surface area contributed by atoms with Gasteiger partial charge in [0, 0.05) is 10.2 Å². The van der Waals surface area contributed by atoms with Crippen LogP contribution in [-0.4, -0.2) is 12.5 Å². The summed E-state index contributed by atoms with van der Waals surface area (Å²) in [5.41, 5.74) is 2.90. The van der Waals surface area contributed by atoms with Gasteiger partial charge in [-0.25, -0.2) is 0 Å². The van der Waals surface area contributed by atoms with Gasteiger partial charge in [-0.3, -0.25) is 0 Å². The topological polar surface area (TPSA) is 0 Å². The molecule has 1 aromatic carbocycles. The Labute approximate surface area is 87.8 Å². The largest absolute Gasteiger partial charge is 0.153 e. The zero-order chi connectivity index (χ0) is 9.26. The number of fused-ring (bicyclic) bond motifs is 1. The molecule has 1 aliphatic rings. The molecule has 0 spiro atoms. The molecule has 2 rings (SSSR count). The molecular formula is C11H12S2. The molecular weight excluding hydrogens is 196 g/mol. The molecule has 1 aliphatic carbocycles. The molecule has 68 valence electrons. The quantitative estimate of drug-likeness (QED) is 0.725. The highest BCUT2D eigenvalue weighted by Crippen LogP contribution is 2.44. The molecule has 0 saturated carbocycles. The van der Waals surface area contributed by atoms with Crippen LogP contribution in [0.5, 0.6) is 0 Å². The zero-order valence-electron chi connectivity index (χ0n) is 7.78. The van der Waals surface area contributed by atoms with Gasteiger partial charge in [0.25, 0.3) is 0 Å². The van der Waals surface area contributed by atoms with Crippen molar-refractivity contribution >= 4 is 28.4 Å². The average Bonchev–Trinajstić information content (AvgIpc) is 2.56. The molecule has 0 fully saturated rings. The molecule has 1 aromatic rings. The van der Waals surface area contributed by atoms with Gasteiger partial charge < -0.3 is 0 Å². The number of hydrogen-bond donors (Lipinski definition) is 0. The second-order valence-corrected chi connectivity index (χ2v) is 4.81. The molecule has 2 heteroatoms. The predicted octanol–water partition coefficient (Wildman–Crippen LogP) is 3.81. The zero-order valence-corrected chi connectivity index (χ0v) is 9.41. The molecule has 0 nitrogen and oxygen atoms in total. The van der Waals surface area contributed by atoms with Crippen molar-refractivity contribution in [1.82, 2.24) is 0 Å². The second-order valence-electron chi connectivity index (χ2n) is 2.98. The maximum Gasteiger partial charge on any atom is 0.0494 e. The van der Waals surface area contributed by atoms with Crippen LogP contribution in [0, 0.1) is 0 Å². The van der Waals surface area contributed by atoms with E-state index in [4.69, 9.17) is 0 Å². The molecule has 1 unspecified atom stereocenters. The lowest BCUT2D eigenvalue weighted by molar-refractivity contribution is 1.27. The van der Waals surface area contributed by atoms with E-state index in [1.54, 1.807) is 0 Å². The molecule has 0 saturated heterocycles. The van der Waals surface area contributed by atoms with Crippen LogP contribution in [-0.2, 0) is 0 Å². The first kappa shape index (κ1) is 9.22. The summed E-state index contributed by atoms with van der Waals surface area (Å²) in [7, 11) is 0. The van der Waals surface area contributed by atoms with E-state index < -0.39 is 0 Å². The predicted molar refractivity (Wildman–Crippen MR) is 64.2 cm³/mol. The Morgan fingerprint density at radius 2 is 1.92 bits per heavy atom. The highest BCUT2D eigenvalue weighted by atomic mass is 32.2. The summed E-state index contributed by atoms with van der Waals surface area (Å²) in [6.45, 7) is 0. The Morgan fingerprint density at radius 1 is 1.15 bits per heavy atom. The highest BCUT2D eigenvalue weighted by Gasteiger charge is 2.20. The van der Waals surface area contributed by atoms with Crippen molar-refractivity contribution < 1.29 is 0 Å². The Kier molecular flexibility index (Phi) is 2.70. The number of rotatable bonds is 2. The summed E-state index contributed by atoms with van der Waals surface area (Å²) < 4.78 is 0. The van der Waals surface area contributed by atoms with E-state index in [1.165, 1.54) is 16.0 Å². The summed E-state index contributed by atoms with van der Waals surface area (Å²) >= 11 is 3.75. The summed E-state index contributed by atoms with van der Waals surface area (Å²) in [6, 6.07) is 8.69. The Morgan fingerprint density at radius 3 is 2.62 bits per heavy atom. The first-order valence-electron chi connectivity index (χ1n) is 4.24. The highest BCUT2D eigenvalue weighted by molar-refractivity contribution is 8.07. The van der Waals surface area contributed by atoms with Crippen molar-refractivity contribution in [2.75, 3.05) is 12.5 Å². The van der Waals surface area contributed by atoms with E-state index in [0.717, 1.165) is 0 Å². The smallest absolute Gasteiger partial charge is 0.0494 e. The summed E-state index contributed by atoms with van der Waals surface area (Å²) in [5.74, 6) is 0. The molecule has 0 heterocycles. The first-order valence-corrected chi connectivity index (χ1v) is 6.76. The molecule has 0 N–H and O–H groups in total. The molecule has 0 aromatic heterocycles. The van der Waals surface area contributed by atoms with Gasteiger partial charge >= 0.3 is 0 Å². The molecule has 0 amide bonds. The lowest BCUT2D eigenvalue weighted by Gasteiger charge is -2.06. The van der Waals surface area contributed by atoms with Crippen LogP contribution < -0.4 is 0 Å². The van der Waals surface area contributed by atoms with Crippen molar-refractivity contribution in [3.8, 4) is 0 Å². The van der Waals surface area contributed by atoms with E-state index >= 15 is 0 Å². The minimum absolute atomic E-state index is 0.568. The lowest BCUT2D eigenvalue weighted by atomic mass is 10.1. The molecule has 0 aliphatic heterocycles. The standard InChI is InChI=1S/C11H12S2/c1-12-10-7-11(13-2)9-6-4-3-5-8(9)10/h3-7,10H,1-2H3. The van der Waals surface area contributed by atoms with Gasteiger partial charge in [-0.15, -0.1) is 11.8 Å². The van der Waals surface area contributed by atoms with Crippen LogP contribution in [0.3, 0.4) is 0 Å². The van der Waals surface area contributed by atoms with Crippen molar-refractivity contribution in [2.24, 2.45) is 0 Å². The van der Waals surface area contributed by atoms with Crippen LogP contribution in [0.4, 0.5) is 0 Å². The Bertz CT molecular complexity index is 342. The molecule has 0 radical (unpaired) electrons. The van der Waals surface area contributed by atoms with E-state index in [0.29, 0.717) is 5.25 Å². The van der Waals surface area contributed by atoms with Crippen LogP contribution in [0.15, 0.2) is 30.3 Å². The van der Waals surface area contributed by atoms with Gasteiger partial charge in [-0.2, -0.15) is 11.8 Å². The van der Waals surface area contributed by atoms with E-state index in [-0.39, 0.29) is 0 Å². The third kappa shape index (κ3) is 1.53. The number of hydrogen-bond acceptors (Lipinski definition) is 2. The minimum atomic E-state index is 0.568. The summed E-state index contributed by atoms with van der Waals surface area (Å²) in [4.78, 5) is 1.43. The maximum absolute atomic E-state index is 2.36. The third-order valence-corrected chi connectivity index (χ3v) is 4.00. The van der Waals surface area contributed by atoms with Gasteiger partial charge in [0.05, 0.1) is 0 Å². The van der Waals surface area contributed by atoms with Gasteiger partial charge in [-0.1, -0.05) is 30.3 Å². The Balaban J connectivity index is 2.47. The van der Waals surface area contributed by atoms with E-state index in [1.807, 2.05) is 23.5 Å². The molecule has 1 atom stereocenters. The van der Waals surface area contributed by atoms with Gasteiger partial charge in [0.2, 0.25) is 0 Å². The fourth-order valence-electron chi connectivity index (χ4n) is 1.66. The van der Waals surface area contributed by atoms with Crippen molar-refractivity contribution in [3.05, 3.63) is 41.5 Å². The Hall–Kier alpha value is -0.340. The van der Waals surface area contributed by atoms with Gasteiger partial charge in [0.1, 0.15) is 0 Å². The monoisotopic (exact) mass is 208 g/mol. The van der Waals surface area contributed by atoms with Crippen molar-refractivity contribution in [2.45, 2.75) is 5.25 Å². The minimum Gasteiger partial charge on any atom is -0.153 e. The van der Waals surface area contributed by atoms with E-state index in [2.05, 4.69) is 42.9 Å². The fraction of sp³-hybridized carbons (Fsp3) is 0.273. The second kappa shape index (κ2) is 3.81. The van der Waals surface area contributed by atoms with Crippen LogP contribution >= 0.6 is 23.5 Å². The number of thioether (sulfide) groups is 2. The summed E-state index contributed by atoms with van der Waals surface area (Å²) in [6.07, 6.45) is 6.67. The van der Waals surface area contributed by atoms with Crippen molar-refractivity contribution in [3.63, 3.8) is 0 Å². The number of benzene rings is 1. The molecule has 0 bridgehead atoms. The SMILES string of the molecule is CSC1=CC(SC)c2ccccc21. The maximum atomic E-state index is 2.36. The molecule has 13 heavy (non-hydrogen) atoms. The van der Waals surface area contributed by atoms with Crippen LogP contribution in [0.1, 0.15) is 16.4 Å². The summed E-state index contributed by atoms with van der Waals surface area (Å²) in [5, 5.41) is 0.568. The van der Waals surface area contributed by atoms with Crippen LogP contribution in [0.2, 0.25) is 0 Å². The third-order valence-electron chi connectivity index (χ3n) is 2.31. The van der Waals surface area contributed by atoms with Crippen molar-refractivity contribution in [1.29, 1.82) is 0 Å².